The second-order valence-electron chi connectivity index (χ2n) is 6.64. The minimum absolute atomic E-state index is 0.323. The number of aromatic nitrogens is 2. The number of thiazole rings is 2. The molecule has 0 aliphatic rings. The van der Waals surface area contributed by atoms with Gasteiger partial charge < -0.3 is 15.4 Å². The van der Waals surface area contributed by atoms with Gasteiger partial charge in [0.05, 0.1) is 22.5 Å². The number of fused-ring (bicyclic) bond motifs is 1. The van der Waals surface area contributed by atoms with E-state index in [1.54, 1.807) is 18.3 Å². The van der Waals surface area contributed by atoms with E-state index in [1.807, 2.05) is 37.3 Å². The first kappa shape index (κ1) is 20.3. The first-order valence-electron chi connectivity index (χ1n) is 9.72. The van der Waals surface area contributed by atoms with Crippen LogP contribution in [0.3, 0.4) is 0 Å². The number of hydrogen-bond acceptors (Lipinski definition) is 8. The lowest BCUT2D eigenvalue weighted by Gasteiger charge is -2.06. The highest BCUT2D eigenvalue weighted by molar-refractivity contribution is 7.22. The van der Waals surface area contributed by atoms with Crippen LogP contribution in [0, 0.1) is 6.92 Å². The molecule has 0 bridgehead atoms. The molecule has 4 aromatic rings. The Morgan fingerprint density at radius 1 is 1.03 bits per heavy atom. The minimum atomic E-state index is -0.323. The molecule has 0 fully saturated rings. The Labute approximate surface area is 183 Å². The Balaban J connectivity index is 1.31. The van der Waals surface area contributed by atoms with Gasteiger partial charge in [-0.25, -0.2) is 14.8 Å². The zero-order chi connectivity index (χ0) is 20.9. The average molecular weight is 439 g/mol. The monoisotopic (exact) mass is 438 g/mol. The Kier molecular flexibility index (Phi) is 6.25. The number of hydrogen-bond donors (Lipinski definition) is 2. The topological polar surface area (TPSA) is 76.1 Å². The SMILES string of the molecule is CCOC(=O)c1sc(Nc2ccc(CCNc3nc4ccccc4s3)cc2)nc1C. The number of para-hydroxylation sites is 1. The Morgan fingerprint density at radius 2 is 1.83 bits per heavy atom. The van der Waals surface area contributed by atoms with Crippen LogP contribution in [-0.2, 0) is 11.2 Å². The number of ether oxygens (including phenoxy) is 1. The van der Waals surface area contributed by atoms with Gasteiger partial charge in [-0.05, 0) is 50.1 Å². The summed E-state index contributed by atoms with van der Waals surface area (Å²) in [4.78, 5) is 21.5. The molecule has 8 heteroatoms. The molecule has 30 heavy (non-hydrogen) atoms. The molecule has 0 saturated heterocycles. The van der Waals surface area contributed by atoms with Crippen molar-refractivity contribution in [2.24, 2.45) is 0 Å². The van der Waals surface area contributed by atoms with Crippen molar-refractivity contribution in [1.29, 1.82) is 0 Å². The predicted octanol–water partition coefficient (Wildman–Crippen LogP) is 5.64. The van der Waals surface area contributed by atoms with Gasteiger partial charge >= 0.3 is 5.97 Å². The van der Waals surface area contributed by atoms with Crippen molar-refractivity contribution in [2.75, 3.05) is 23.8 Å². The maximum Gasteiger partial charge on any atom is 0.350 e. The highest BCUT2D eigenvalue weighted by atomic mass is 32.1. The van der Waals surface area contributed by atoms with E-state index in [2.05, 4.69) is 38.8 Å². The number of carbonyl (C=O) groups excluding carboxylic acids is 1. The summed E-state index contributed by atoms with van der Waals surface area (Å²) in [5, 5.41) is 8.30. The molecule has 2 N–H and O–H groups in total. The standard InChI is InChI=1S/C22H22N4O2S2/c1-3-28-20(27)19-14(2)24-22(30-19)25-16-10-8-15(9-11-16)12-13-23-21-26-17-6-4-5-7-18(17)29-21/h4-11H,3,12-13H2,1-2H3,(H,23,26)(H,24,25). The molecule has 0 aliphatic carbocycles. The van der Waals surface area contributed by atoms with Crippen molar-refractivity contribution >= 4 is 54.8 Å². The smallest absolute Gasteiger partial charge is 0.350 e. The van der Waals surface area contributed by atoms with E-state index in [0.717, 1.165) is 29.3 Å². The lowest BCUT2D eigenvalue weighted by Crippen LogP contribution is -2.04. The molecule has 0 aliphatic heterocycles. The van der Waals surface area contributed by atoms with Gasteiger partial charge in [-0.3, -0.25) is 0 Å². The van der Waals surface area contributed by atoms with E-state index in [0.29, 0.717) is 22.3 Å². The van der Waals surface area contributed by atoms with Gasteiger partial charge in [0, 0.05) is 12.2 Å². The second kappa shape index (κ2) is 9.23. The van der Waals surface area contributed by atoms with E-state index in [1.165, 1.54) is 21.6 Å². The molecule has 2 aromatic heterocycles. The first-order valence-corrected chi connectivity index (χ1v) is 11.4. The van der Waals surface area contributed by atoms with Gasteiger partial charge in [-0.15, -0.1) is 0 Å². The summed E-state index contributed by atoms with van der Waals surface area (Å²) in [5.74, 6) is -0.323. The molecule has 6 nitrogen and oxygen atoms in total. The summed E-state index contributed by atoms with van der Waals surface area (Å²) in [6.07, 6.45) is 0.902. The summed E-state index contributed by atoms with van der Waals surface area (Å²) in [6, 6.07) is 16.4. The third-order valence-electron chi connectivity index (χ3n) is 4.45. The molecule has 0 unspecified atom stereocenters. The fourth-order valence-corrected chi connectivity index (χ4v) is 4.75. The Hall–Kier alpha value is -2.97. The van der Waals surface area contributed by atoms with Crippen molar-refractivity contribution in [3.63, 3.8) is 0 Å². The number of anilines is 3. The molecule has 0 atom stereocenters. The summed E-state index contributed by atoms with van der Waals surface area (Å²) >= 11 is 2.98. The van der Waals surface area contributed by atoms with Gasteiger partial charge in [0.1, 0.15) is 4.88 Å². The molecule has 0 radical (unpaired) electrons. The summed E-state index contributed by atoms with van der Waals surface area (Å²) in [7, 11) is 0. The van der Waals surface area contributed by atoms with Crippen molar-refractivity contribution < 1.29 is 9.53 Å². The highest BCUT2D eigenvalue weighted by Crippen LogP contribution is 2.27. The number of benzene rings is 2. The Morgan fingerprint density at radius 3 is 2.60 bits per heavy atom. The van der Waals surface area contributed by atoms with Crippen LogP contribution in [0.4, 0.5) is 16.0 Å². The third-order valence-corrected chi connectivity index (χ3v) is 6.49. The maximum atomic E-state index is 11.9. The van der Waals surface area contributed by atoms with Gasteiger partial charge in [0.25, 0.3) is 0 Å². The third kappa shape index (κ3) is 4.77. The van der Waals surface area contributed by atoms with Crippen LogP contribution in [0.5, 0.6) is 0 Å². The summed E-state index contributed by atoms with van der Waals surface area (Å²) < 4.78 is 6.26. The quantitative estimate of drug-likeness (QED) is 0.347. The predicted molar refractivity (Wildman–Crippen MR) is 124 cm³/mol. The molecule has 2 aromatic carbocycles. The van der Waals surface area contributed by atoms with Gasteiger partial charge in [-0.2, -0.15) is 0 Å². The van der Waals surface area contributed by atoms with E-state index >= 15 is 0 Å². The van der Waals surface area contributed by atoms with Gasteiger partial charge in [-0.1, -0.05) is 46.9 Å². The second-order valence-corrected chi connectivity index (χ2v) is 8.67. The molecular weight excluding hydrogens is 416 g/mol. The number of nitrogens with zero attached hydrogens (tertiary/aromatic N) is 2. The molecule has 0 spiro atoms. The number of aryl methyl sites for hydroxylation is 1. The number of esters is 1. The zero-order valence-corrected chi connectivity index (χ0v) is 18.4. The minimum Gasteiger partial charge on any atom is -0.462 e. The molecular formula is C22H22N4O2S2. The van der Waals surface area contributed by atoms with Crippen molar-refractivity contribution in [3.8, 4) is 0 Å². The fourth-order valence-electron chi connectivity index (χ4n) is 2.98. The van der Waals surface area contributed by atoms with Crippen molar-refractivity contribution in [2.45, 2.75) is 20.3 Å². The van der Waals surface area contributed by atoms with Crippen LogP contribution in [0.15, 0.2) is 48.5 Å². The van der Waals surface area contributed by atoms with Crippen LogP contribution >= 0.6 is 22.7 Å². The number of carbonyl (C=O) groups is 1. The van der Waals surface area contributed by atoms with E-state index in [4.69, 9.17) is 4.74 Å². The van der Waals surface area contributed by atoms with Crippen molar-refractivity contribution in [1.82, 2.24) is 9.97 Å². The normalized spacial score (nSPS) is 10.9. The van der Waals surface area contributed by atoms with Crippen LogP contribution in [-0.4, -0.2) is 29.1 Å². The summed E-state index contributed by atoms with van der Waals surface area (Å²) in [5.41, 5.74) is 3.88. The molecule has 0 saturated carbocycles. The lowest BCUT2D eigenvalue weighted by molar-refractivity contribution is 0.0531. The summed E-state index contributed by atoms with van der Waals surface area (Å²) in [6.45, 7) is 4.79. The van der Waals surface area contributed by atoms with Crippen LogP contribution in [0.25, 0.3) is 10.2 Å². The number of nitrogens with one attached hydrogen (secondary N) is 2. The van der Waals surface area contributed by atoms with Gasteiger partial charge in [0.2, 0.25) is 0 Å². The maximum absolute atomic E-state index is 11.9. The number of rotatable bonds is 8. The lowest BCUT2D eigenvalue weighted by atomic mass is 10.1. The molecule has 0 amide bonds. The van der Waals surface area contributed by atoms with E-state index in [-0.39, 0.29) is 5.97 Å². The average Bonchev–Trinajstić information content (AvgIpc) is 3.32. The van der Waals surface area contributed by atoms with E-state index in [9.17, 15) is 4.79 Å². The molecule has 2 heterocycles. The van der Waals surface area contributed by atoms with Crippen LogP contribution < -0.4 is 10.6 Å². The fraction of sp³-hybridized carbons (Fsp3) is 0.227. The molecule has 154 valence electrons. The molecule has 4 rings (SSSR count). The largest absolute Gasteiger partial charge is 0.462 e. The van der Waals surface area contributed by atoms with E-state index < -0.39 is 0 Å². The first-order chi connectivity index (χ1) is 14.6. The van der Waals surface area contributed by atoms with Crippen molar-refractivity contribution in [3.05, 3.63) is 64.7 Å². The Bertz CT molecular complexity index is 1120. The zero-order valence-electron chi connectivity index (χ0n) is 16.8. The van der Waals surface area contributed by atoms with Crippen LogP contribution in [0.2, 0.25) is 0 Å². The van der Waals surface area contributed by atoms with Gasteiger partial charge in [0.15, 0.2) is 10.3 Å². The van der Waals surface area contributed by atoms with Crippen LogP contribution in [0.1, 0.15) is 27.9 Å². The highest BCUT2D eigenvalue weighted by Gasteiger charge is 2.16.